The molecule has 5 rings (SSSR count). The Bertz CT molecular complexity index is 473. The van der Waals surface area contributed by atoms with E-state index in [1.54, 1.807) is 0 Å². The molecule has 6 atom stereocenters. The number of carbonyl (C=O) groups excluding carboxylic acids is 2. The van der Waals surface area contributed by atoms with Crippen LogP contribution in [0, 0.1) is 10.8 Å². The normalized spacial score (nSPS) is 60.0. The van der Waals surface area contributed by atoms with Crippen molar-refractivity contribution in [3.05, 3.63) is 24.3 Å². The minimum atomic E-state index is -0.969. The van der Waals surface area contributed by atoms with Crippen LogP contribution in [0.15, 0.2) is 24.3 Å². The second kappa shape index (κ2) is 2.11. The number of fused-ring (bicyclic) bond motifs is 4. The number of carbonyl (C=O) groups is 2. The van der Waals surface area contributed by atoms with E-state index in [0.717, 1.165) is 0 Å². The maximum absolute atomic E-state index is 12.2. The topological polar surface area (TPSA) is 61.8 Å². The fourth-order valence-corrected chi connectivity index (χ4v) is 4.26. The van der Waals surface area contributed by atoms with Crippen molar-refractivity contribution in [3.8, 4) is 0 Å². The number of hydrogen-bond donors (Lipinski definition) is 0. The standard InChI is InChI=1S/C12H8O5/c13-9-11-5-1-2-6(15-5)12(11,10(14)17-9)8-4-3-7(11)16-8/h1-8H/t5-,6+,7+,8-,11?,12?. The van der Waals surface area contributed by atoms with Crippen molar-refractivity contribution in [1.29, 1.82) is 0 Å². The first kappa shape index (κ1) is 8.60. The molecule has 5 nitrogen and oxygen atoms in total. The van der Waals surface area contributed by atoms with Gasteiger partial charge in [0.1, 0.15) is 10.8 Å². The van der Waals surface area contributed by atoms with Gasteiger partial charge in [-0.15, -0.1) is 0 Å². The maximum atomic E-state index is 12.2. The van der Waals surface area contributed by atoms with Crippen LogP contribution in [0.25, 0.3) is 0 Å². The molecule has 5 heterocycles. The number of ether oxygens (including phenoxy) is 3. The third-order valence-corrected chi connectivity index (χ3v) is 4.85. The molecule has 3 fully saturated rings. The molecule has 0 aromatic heterocycles. The predicted molar refractivity (Wildman–Crippen MR) is 51.6 cm³/mol. The Morgan fingerprint density at radius 3 is 1.47 bits per heavy atom. The molecule has 5 heteroatoms. The summed E-state index contributed by atoms with van der Waals surface area (Å²) in [7, 11) is 0. The zero-order valence-electron chi connectivity index (χ0n) is 8.66. The van der Waals surface area contributed by atoms with E-state index in [9.17, 15) is 9.59 Å². The molecule has 0 aromatic carbocycles. The molecule has 5 aliphatic rings. The van der Waals surface area contributed by atoms with Gasteiger partial charge >= 0.3 is 11.9 Å². The molecule has 3 saturated heterocycles. The van der Waals surface area contributed by atoms with Gasteiger partial charge in [-0.1, -0.05) is 24.3 Å². The molecular weight excluding hydrogens is 224 g/mol. The van der Waals surface area contributed by atoms with Crippen LogP contribution >= 0.6 is 0 Å². The van der Waals surface area contributed by atoms with E-state index < -0.39 is 47.2 Å². The first-order chi connectivity index (χ1) is 8.22. The lowest BCUT2D eigenvalue weighted by Gasteiger charge is -2.35. The first-order valence-electron chi connectivity index (χ1n) is 5.66. The van der Waals surface area contributed by atoms with Crippen LogP contribution < -0.4 is 0 Å². The molecule has 0 aliphatic carbocycles. The number of esters is 2. The Labute approximate surface area is 96.0 Å². The number of rotatable bonds is 0. The van der Waals surface area contributed by atoms with Gasteiger partial charge in [0.15, 0.2) is 0 Å². The molecule has 2 unspecified atom stereocenters. The van der Waals surface area contributed by atoms with Gasteiger partial charge in [-0.05, 0) is 0 Å². The summed E-state index contributed by atoms with van der Waals surface area (Å²) in [5.74, 6) is -0.979. The lowest BCUT2D eigenvalue weighted by atomic mass is 9.54. The largest absolute Gasteiger partial charge is 0.392 e. The van der Waals surface area contributed by atoms with E-state index in [2.05, 4.69) is 0 Å². The molecule has 17 heavy (non-hydrogen) atoms. The molecule has 0 aromatic rings. The third-order valence-electron chi connectivity index (χ3n) is 4.85. The summed E-state index contributed by atoms with van der Waals surface area (Å²) >= 11 is 0. The van der Waals surface area contributed by atoms with Crippen LogP contribution in [0.3, 0.4) is 0 Å². The van der Waals surface area contributed by atoms with E-state index in [1.807, 2.05) is 24.3 Å². The molecule has 0 radical (unpaired) electrons. The van der Waals surface area contributed by atoms with Crippen molar-refractivity contribution in [2.24, 2.45) is 10.8 Å². The molecule has 4 bridgehead atoms. The van der Waals surface area contributed by atoms with Crippen molar-refractivity contribution < 1.29 is 23.8 Å². The highest BCUT2D eigenvalue weighted by atomic mass is 16.6. The Morgan fingerprint density at radius 1 is 0.765 bits per heavy atom. The Kier molecular flexibility index (Phi) is 1.07. The van der Waals surface area contributed by atoms with E-state index in [4.69, 9.17) is 14.2 Å². The average Bonchev–Trinajstić information content (AvgIpc) is 3.04. The van der Waals surface area contributed by atoms with Crippen LogP contribution in [0.1, 0.15) is 0 Å². The number of hydrogen-bond acceptors (Lipinski definition) is 5. The van der Waals surface area contributed by atoms with Gasteiger partial charge < -0.3 is 14.2 Å². The smallest absolute Gasteiger partial charge is 0.327 e. The van der Waals surface area contributed by atoms with Gasteiger partial charge in [0.2, 0.25) is 0 Å². The van der Waals surface area contributed by atoms with Crippen LogP contribution in [-0.4, -0.2) is 36.4 Å². The van der Waals surface area contributed by atoms with E-state index in [-0.39, 0.29) is 0 Å². The van der Waals surface area contributed by atoms with E-state index in [0.29, 0.717) is 0 Å². The summed E-state index contributed by atoms with van der Waals surface area (Å²) in [6, 6.07) is 0. The van der Waals surface area contributed by atoms with E-state index in [1.165, 1.54) is 0 Å². The molecule has 0 saturated carbocycles. The maximum Gasteiger partial charge on any atom is 0.327 e. The summed E-state index contributed by atoms with van der Waals surface area (Å²) in [4.78, 5) is 24.3. The minimum Gasteiger partial charge on any atom is -0.392 e. The summed E-state index contributed by atoms with van der Waals surface area (Å²) in [5, 5.41) is 0. The molecule has 0 amide bonds. The first-order valence-corrected chi connectivity index (χ1v) is 5.66. The van der Waals surface area contributed by atoms with Gasteiger partial charge in [0, 0.05) is 0 Å². The monoisotopic (exact) mass is 232 g/mol. The summed E-state index contributed by atoms with van der Waals surface area (Å²) in [6.07, 6.45) is 5.80. The zero-order chi connectivity index (χ0) is 11.4. The van der Waals surface area contributed by atoms with Crippen molar-refractivity contribution >= 4 is 11.9 Å². The molecule has 0 spiro atoms. The quantitative estimate of drug-likeness (QED) is 0.326. The van der Waals surface area contributed by atoms with Gasteiger partial charge in [-0.3, -0.25) is 9.59 Å². The second-order valence-corrected chi connectivity index (χ2v) is 5.14. The molecule has 0 N–H and O–H groups in total. The van der Waals surface area contributed by atoms with Crippen LogP contribution in [-0.2, 0) is 23.8 Å². The minimum absolute atomic E-state index is 0.397. The predicted octanol–water partition coefficient (Wildman–Crippen LogP) is -0.283. The average molecular weight is 232 g/mol. The summed E-state index contributed by atoms with van der Waals surface area (Å²) < 4.78 is 16.4. The lowest BCUT2D eigenvalue weighted by Crippen LogP contribution is -2.56. The van der Waals surface area contributed by atoms with Gasteiger partial charge in [0.05, 0.1) is 24.4 Å². The molecule has 86 valence electrons. The van der Waals surface area contributed by atoms with Gasteiger partial charge in [0.25, 0.3) is 0 Å². The highest BCUT2D eigenvalue weighted by molar-refractivity contribution is 6.06. The van der Waals surface area contributed by atoms with Crippen molar-refractivity contribution in [2.75, 3.05) is 0 Å². The van der Waals surface area contributed by atoms with Crippen molar-refractivity contribution in [1.82, 2.24) is 0 Å². The fourth-order valence-electron chi connectivity index (χ4n) is 4.26. The summed E-state index contributed by atoms with van der Waals surface area (Å²) in [5.41, 5.74) is -1.94. The Hall–Kier alpha value is -1.46. The molecule has 5 aliphatic heterocycles. The summed E-state index contributed by atoms with van der Waals surface area (Å²) in [6.45, 7) is 0. The highest BCUT2D eigenvalue weighted by Crippen LogP contribution is 2.71. The van der Waals surface area contributed by atoms with Gasteiger partial charge in [-0.25, -0.2) is 0 Å². The Balaban J connectivity index is 1.93. The number of cyclic esters (lactones) is 2. The fraction of sp³-hybridized carbons (Fsp3) is 0.500. The van der Waals surface area contributed by atoms with Gasteiger partial charge in [-0.2, -0.15) is 0 Å². The SMILES string of the molecule is O=C1OC(=O)C23[C@@H]4C=C[C@@H](O4)C12[C@@H]1C=C[C@H]3O1. The van der Waals surface area contributed by atoms with Crippen LogP contribution in [0.5, 0.6) is 0 Å². The van der Waals surface area contributed by atoms with Crippen molar-refractivity contribution in [3.63, 3.8) is 0 Å². The zero-order valence-corrected chi connectivity index (χ0v) is 8.66. The van der Waals surface area contributed by atoms with Crippen molar-refractivity contribution in [2.45, 2.75) is 24.4 Å². The third kappa shape index (κ3) is 0.532. The Morgan fingerprint density at radius 2 is 1.12 bits per heavy atom. The van der Waals surface area contributed by atoms with Crippen LogP contribution in [0.2, 0.25) is 0 Å². The van der Waals surface area contributed by atoms with Crippen LogP contribution in [0.4, 0.5) is 0 Å². The van der Waals surface area contributed by atoms with E-state index >= 15 is 0 Å². The highest BCUT2D eigenvalue weighted by Gasteiger charge is 2.89. The molecular formula is C12H8O5. The lowest BCUT2D eigenvalue weighted by molar-refractivity contribution is -0.165. The second-order valence-electron chi connectivity index (χ2n) is 5.14.